The summed E-state index contributed by atoms with van der Waals surface area (Å²) in [4.78, 5) is 36.7. The molecule has 3 rings (SSSR count). The van der Waals surface area contributed by atoms with E-state index in [1.54, 1.807) is 0 Å². The van der Waals surface area contributed by atoms with Crippen LogP contribution < -0.4 is 16.2 Å². The molecule has 32 heavy (non-hydrogen) atoms. The number of urea groups is 1. The fourth-order valence-corrected chi connectivity index (χ4v) is 3.30. The lowest BCUT2D eigenvalue weighted by molar-refractivity contribution is -0.137. The van der Waals surface area contributed by atoms with Crippen LogP contribution in [0, 0.1) is 0 Å². The first-order valence-electron chi connectivity index (χ1n) is 8.51. The number of carbonyl (C=O) groups excluding carboxylic acids is 2. The van der Waals surface area contributed by atoms with Crippen molar-refractivity contribution in [1.29, 1.82) is 0 Å². The lowest BCUT2D eigenvalue weighted by Crippen LogP contribution is -2.35. The molecule has 166 valence electrons. The summed E-state index contributed by atoms with van der Waals surface area (Å²) in [7, 11) is 0. The zero-order chi connectivity index (χ0) is 23.6. The van der Waals surface area contributed by atoms with E-state index in [4.69, 9.17) is 34.8 Å². The Labute approximate surface area is 192 Å². The van der Waals surface area contributed by atoms with Gasteiger partial charge in [0.15, 0.2) is 5.15 Å². The minimum Gasteiger partial charge on any atom is -0.305 e. The van der Waals surface area contributed by atoms with Crippen LogP contribution in [-0.2, 0) is 6.18 Å². The molecular formula is C19H10Cl3F3N4O3. The summed E-state index contributed by atoms with van der Waals surface area (Å²) >= 11 is 17.8. The second kappa shape index (κ2) is 9.19. The van der Waals surface area contributed by atoms with Gasteiger partial charge in [-0.2, -0.15) is 23.0 Å². The molecule has 0 unspecified atom stereocenters. The van der Waals surface area contributed by atoms with Crippen LogP contribution in [0.3, 0.4) is 0 Å². The van der Waals surface area contributed by atoms with Gasteiger partial charge >= 0.3 is 12.2 Å². The highest BCUT2D eigenvalue weighted by Crippen LogP contribution is 2.30. The van der Waals surface area contributed by atoms with Crippen LogP contribution in [-0.4, -0.2) is 21.7 Å². The van der Waals surface area contributed by atoms with Crippen molar-refractivity contribution in [3.63, 3.8) is 0 Å². The summed E-state index contributed by atoms with van der Waals surface area (Å²) in [5.74, 6) is -0.917. The average Bonchev–Trinajstić information content (AvgIpc) is 2.69. The molecule has 1 aromatic heterocycles. The number of nitrogens with zero attached hydrogens (tertiary/aromatic N) is 2. The van der Waals surface area contributed by atoms with Crippen molar-refractivity contribution in [1.82, 2.24) is 15.1 Å². The summed E-state index contributed by atoms with van der Waals surface area (Å²) in [5, 5.41) is 7.44. The van der Waals surface area contributed by atoms with Gasteiger partial charge in [0.1, 0.15) is 0 Å². The molecule has 3 amide bonds. The van der Waals surface area contributed by atoms with Crippen molar-refractivity contribution in [3.05, 3.63) is 85.2 Å². The van der Waals surface area contributed by atoms with E-state index in [9.17, 15) is 27.6 Å². The van der Waals surface area contributed by atoms with Gasteiger partial charge in [-0.3, -0.25) is 14.9 Å². The molecule has 0 saturated carbocycles. The molecule has 2 N–H and O–H groups in total. The molecule has 3 aromatic rings. The highest BCUT2D eigenvalue weighted by atomic mass is 35.5. The number of alkyl halides is 3. The number of anilines is 1. The molecule has 0 atom stereocenters. The summed E-state index contributed by atoms with van der Waals surface area (Å²) < 4.78 is 39.4. The van der Waals surface area contributed by atoms with Crippen molar-refractivity contribution in [3.8, 4) is 5.69 Å². The minimum atomic E-state index is -4.62. The van der Waals surface area contributed by atoms with E-state index < -0.39 is 34.4 Å². The standard InChI is InChI=1S/C19H10Cl3F3N4O3/c20-11-5-2-6-12(21)15(11)17(31)27-18(32)26-13-8-14(30)29(28-16(13)22)10-4-1-3-9(7-10)19(23,24)25/h1-8H,(H2,26,27,31,32). The third kappa shape index (κ3) is 5.21. The Morgan fingerprint density at radius 1 is 0.969 bits per heavy atom. The molecule has 0 saturated heterocycles. The number of hydrogen-bond acceptors (Lipinski definition) is 4. The van der Waals surface area contributed by atoms with Gasteiger partial charge in [-0.05, 0) is 30.3 Å². The molecule has 7 nitrogen and oxygen atoms in total. The molecular weight excluding hydrogens is 496 g/mol. The number of imide groups is 1. The van der Waals surface area contributed by atoms with Crippen LogP contribution in [0.25, 0.3) is 5.69 Å². The van der Waals surface area contributed by atoms with Gasteiger partial charge in [-0.1, -0.05) is 46.9 Å². The van der Waals surface area contributed by atoms with E-state index in [2.05, 4.69) is 10.4 Å². The molecule has 2 aromatic carbocycles. The van der Waals surface area contributed by atoms with Gasteiger partial charge in [-0.15, -0.1) is 0 Å². The largest absolute Gasteiger partial charge is 0.416 e. The average molecular weight is 506 g/mol. The van der Waals surface area contributed by atoms with Gasteiger partial charge < -0.3 is 5.32 Å². The van der Waals surface area contributed by atoms with E-state index in [1.807, 2.05) is 5.32 Å². The molecule has 0 fully saturated rings. The fourth-order valence-electron chi connectivity index (χ4n) is 2.56. The van der Waals surface area contributed by atoms with Gasteiger partial charge in [0, 0.05) is 6.07 Å². The molecule has 0 spiro atoms. The van der Waals surface area contributed by atoms with Crippen LogP contribution in [0.1, 0.15) is 15.9 Å². The van der Waals surface area contributed by atoms with Gasteiger partial charge in [0.05, 0.1) is 32.5 Å². The Balaban J connectivity index is 1.82. The number of nitrogens with one attached hydrogen (secondary N) is 2. The van der Waals surface area contributed by atoms with Crippen LogP contribution in [0.4, 0.5) is 23.7 Å². The van der Waals surface area contributed by atoms with Crippen LogP contribution in [0.15, 0.2) is 53.3 Å². The van der Waals surface area contributed by atoms with Crippen LogP contribution in [0.5, 0.6) is 0 Å². The van der Waals surface area contributed by atoms with E-state index in [0.29, 0.717) is 4.68 Å². The van der Waals surface area contributed by atoms with Crippen molar-refractivity contribution in [2.45, 2.75) is 6.18 Å². The molecule has 1 heterocycles. The van der Waals surface area contributed by atoms with E-state index in [-0.39, 0.29) is 27.0 Å². The minimum absolute atomic E-state index is 0.00573. The summed E-state index contributed by atoms with van der Waals surface area (Å²) in [6.45, 7) is 0. The second-order valence-corrected chi connectivity index (χ2v) is 7.32. The lowest BCUT2D eigenvalue weighted by Gasteiger charge is -2.12. The number of benzene rings is 2. The smallest absolute Gasteiger partial charge is 0.305 e. The zero-order valence-corrected chi connectivity index (χ0v) is 17.8. The van der Waals surface area contributed by atoms with Crippen molar-refractivity contribution in [2.24, 2.45) is 0 Å². The Bertz CT molecular complexity index is 1260. The molecule has 0 bridgehead atoms. The normalized spacial score (nSPS) is 11.2. The van der Waals surface area contributed by atoms with E-state index in [1.165, 1.54) is 24.3 Å². The Kier molecular flexibility index (Phi) is 6.77. The fraction of sp³-hybridized carbons (Fsp3) is 0.0526. The first-order valence-corrected chi connectivity index (χ1v) is 9.64. The maximum Gasteiger partial charge on any atom is 0.416 e. The Hall–Kier alpha value is -3.08. The number of rotatable bonds is 3. The maximum atomic E-state index is 12.9. The van der Waals surface area contributed by atoms with Crippen molar-refractivity contribution >= 4 is 52.4 Å². The predicted molar refractivity (Wildman–Crippen MR) is 113 cm³/mol. The maximum absolute atomic E-state index is 12.9. The number of amides is 3. The highest BCUT2D eigenvalue weighted by molar-refractivity contribution is 6.40. The number of hydrogen-bond donors (Lipinski definition) is 2. The third-order valence-electron chi connectivity index (χ3n) is 3.97. The number of aromatic nitrogens is 2. The van der Waals surface area contributed by atoms with Crippen LogP contribution in [0.2, 0.25) is 15.2 Å². The molecule has 0 aliphatic heterocycles. The first-order chi connectivity index (χ1) is 15.0. The lowest BCUT2D eigenvalue weighted by atomic mass is 10.2. The van der Waals surface area contributed by atoms with Gasteiger partial charge in [0.25, 0.3) is 11.5 Å². The highest BCUT2D eigenvalue weighted by Gasteiger charge is 2.30. The predicted octanol–water partition coefficient (Wildman–Crippen LogP) is 5.17. The summed E-state index contributed by atoms with van der Waals surface area (Å²) in [6, 6.07) is 7.94. The SMILES string of the molecule is O=C(NC(=O)c1c(Cl)cccc1Cl)Nc1cc(=O)n(-c2cccc(C(F)(F)F)c2)nc1Cl. The molecule has 13 heteroatoms. The first kappa shape index (κ1) is 23.6. The second-order valence-electron chi connectivity index (χ2n) is 6.15. The molecule has 0 radical (unpaired) electrons. The quantitative estimate of drug-likeness (QED) is 0.513. The zero-order valence-electron chi connectivity index (χ0n) is 15.5. The summed E-state index contributed by atoms with van der Waals surface area (Å²) in [6.07, 6.45) is -4.62. The van der Waals surface area contributed by atoms with Crippen molar-refractivity contribution in [2.75, 3.05) is 5.32 Å². The topological polar surface area (TPSA) is 93.1 Å². The number of halogens is 6. The third-order valence-corrected chi connectivity index (χ3v) is 4.88. The Morgan fingerprint density at radius 2 is 1.59 bits per heavy atom. The van der Waals surface area contributed by atoms with Gasteiger partial charge in [0.2, 0.25) is 0 Å². The van der Waals surface area contributed by atoms with Crippen LogP contribution >= 0.6 is 34.8 Å². The van der Waals surface area contributed by atoms with Gasteiger partial charge in [-0.25, -0.2) is 4.79 Å². The molecule has 0 aliphatic carbocycles. The molecule has 0 aliphatic rings. The Morgan fingerprint density at radius 3 is 2.22 bits per heavy atom. The van der Waals surface area contributed by atoms with E-state index >= 15 is 0 Å². The number of carbonyl (C=O) groups is 2. The van der Waals surface area contributed by atoms with Crippen molar-refractivity contribution < 1.29 is 22.8 Å². The monoisotopic (exact) mass is 504 g/mol. The van der Waals surface area contributed by atoms with E-state index in [0.717, 1.165) is 24.3 Å². The summed E-state index contributed by atoms with van der Waals surface area (Å²) in [5.41, 5.74) is -2.49.